The molecule has 0 unspecified atom stereocenters. The van der Waals surface area contributed by atoms with Crippen molar-refractivity contribution >= 4 is 11.8 Å². The Morgan fingerprint density at radius 3 is 2.36 bits per heavy atom. The largest absolute Gasteiger partial charge is 0.352 e. The Bertz CT molecular complexity index is 660. The minimum atomic E-state index is -0.306. The van der Waals surface area contributed by atoms with Crippen molar-refractivity contribution in [1.82, 2.24) is 15.1 Å². The Kier molecular flexibility index (Phi) is 6.76. The number of piperidine rings is 2. The molecular weight excluding hydrogens is 350 g/mol. The van der Waals surface area contributed by atoms with Crippen LogP contribution in [-0.2, 0) is 16.1 Å². The van der Waals surface area contributed by atoms with Gasteiger partial charge < -0.3 is 10.2 Å². The number of hydrogen-bond donors (Lipinski definition) is 1. The van der Waals surface area contributed by atoms with Crippen LogP contribution in [-0.4, -0.2) is 53.8 Å². The molecule has 0 saturated carbocycles. The lowest BCUT2D eigenvalue weighted by Gasteiger charge is -2.43. The van der Waals surface area contributed by atoms with Crippen LogP contribution in [0.15, 0.2) is 30.3 Å². The Morgan fingerprint density at radius 1 is 1.04 bits per heavy atom. The molecule has 2 amide bonds. The van der Waals surface area contributed by atoms with Crippen LogP contribution < -0.4 is 5.32 Å². The standard InChI is InChI=1S/C23H35N3O2/c1-23(2,3)22(28)25-14-11-20(12-15-25)26-13-7-10-19(17-26)21(27)24-16-18-8-5-4-6-9-18/h4-6,8-9,19-20H,7,10-17H2,1-3H3,(H,24,27)/t19-/m1/s1. The number of nitrogens with one attached hydrogen (secondary N) is 1. The second-order valence-corrected chi connectivity index (χ2v) is 9.31. The Labute approximate surface area is 169 Å². The summed E-state index contributed by atoms with van der Waals surface area (Å²) < 4.78 is 0. The summed E-state index contributed by atoms with van der Waals surface area (Å²) in [7, 11) is 0. The molecule has 5 heteroatoms. The van der Waals surface area contributed by atoms with E-state index in [2.05, 4.69) is 10.2 Å². The summed E-state index contributed by atoms with van der Waals surface area (Å²) in [6.45, 7) is 10.2. The van der Waals surface area contributed by atoms with Gasteiger partial charge in [0, 0.05) is 37.6 Å². The fraction of sp³-hybridized carbons (Fsp3) is 0.652. The highest BCUT2D eigenvalue weighted by atomic mass is 16.2. The van der Waals surface area contributed by atoms with Gasteiger partial charge in [-0.15, -0.1) is 0 Å². The minimum absolute atomic E-state index is 0.0756. The van der Waals surface area contributed by atoms with Gasteiger partial charge in [0.2, 0.25) is 11.8 Å². The lowest BCUT2D eigenvalue weighted by Crippen LogP contribution is -2.52. The molecule has 5 nitrogen and oxygen atoms in total. The van der Waals surface area contributed by atoms with E-state index < -0.39 is 0 Å². The number of amides is 2. The van der Waals surface area contributed by atoms with E-state index in [9.17, 15) is 9.59 Å². The van der Waals surface area contributed by atoms with E-state index in [0.717, 1.165) is 57.4 Å². The fourth-order valence-electron chi connectivity index (χ4n) is 4.39. The Balaban J connectivity index is 1.47. The maximum Gasteiger partial charge on any atom is 0.227 e. The molecule has 28 heavy (non-hydrogen) atoms. The summed E-state index contributed by atoms with van der Waals surface area (Å²) in [6, 6.07) is 10.6. The molecule has 0 spiro atoms. The van der Waals surface area contributed by atoms with Crippen LogP contribution >= 0.6 is 0 Å². The molecule has 1 N–H and O–H groups in total. The first-order valence-electron chi connectivity index (χ1n) is 10.7. The lowest BCUT2D eigenvalue weighted by atomic mass is 9.91. The minimum Gasteiger partial charge on any atom is -0.352 e. The molecule has 2 heterocycles. The van der Waals surface area contributed by atoms with Crippen molar-refractivity contribution in [2.45, 2.75) is 59.0 Å². The summed E-state index contributed by atoms with van der Waals surface area (Å²) >= 11 is 0. The van der Waals surface area contributed by atoms with Crippen LogP contribution in [0.3, 0.4) is 0 Å². The first-order valence-corrected chi connectivity index (χ1v) is 10.7. The van der Waals surface area contributed by atoms with Crippen molar-refractivity contribution in [3.63, 3.8) is 0 Å². The van der Waals surface area contributed by atoms with Crippen LogP contribution in [0, 0.1) is 11.3 Å². The SMILES string of the molecule is CC(C)(C)C(=O)N1CCC(N2CCC[C@@H](C(=O)NCc3ccccc3)C2)CC1. The molecule has 2 saturated heterocycles. The van der Waals surface area contributed by atoms with E-state index in [1.807, 2.05) is 56.0 Å². The zero-order valence-electron chi connectivity index (χ0n) is 17.6. The fourth-order valence-corrected chi connectivity index (χ4v) is 4.39. The molecular formula is C23H35N3O2. The van der Waals surface area contributed by atoms with E-state index in [1.54, 1.807) is 0 Å². The molecule has 2 aliphatic rings. The maximum absolute atomic E-state index is 12.7. The third-order valence-corrected chi connectivity index (χ3v) is 6.04. The van der Waals surface area contributed by atoms with Gasteiger partial charge in [0.15, 0.2) is 0 Å². The van der Waals surface area contributed by atoms with Crippen LogP contribution in [0.5, 0.6) is 0 Å². The van der Waals surface area contributed by atoms with E-state index in [-0.39, 0.29) is 23.1 Å². The van der Waals surface area contributed by atoms with Crippen LogP contribution in [0.2, 0.25) is 0 Å². The van der Waals surface area contributed by atoms with Crippen molar-refractivity contribution in [2.75, 3.05) is 26.2 Å². The summed E-state index contributed by atoms with van der Waals surface area (Å²) in [5, 5.41) is 3.11. The number of benzene rings is 1. The van der Waals surface area contributed by atoms with Gasteiger partial charge >= 0.3 is 0 Å². The third-order valence-electron chi connectivity index (χ3n) is 6.04. The summed E-state index contributed by atoms with van der Waals surface area (Å²) in [6.07, 6.45) is 4.07. The summed E-state index contributed by atoms with van der Waals surface area (Å²) in [5.74, 6) is 0.503. The molecule has 2 fully saturated rings. The molecule has 1 aromatic rings. The maximum atomic E-state index is 12.7. The van der Waals surface area contributed by atoms with Crippen molar-refractivity contribution in [2.24, 2.45) is 11.3 Å². The molecule has 0 radical (unpaired) electrons. The zero-order valence-corrected chi connectivity index (χ0v) is 17.6. The predicted molar refractivity (Wildman–Crippen MR) is 112 cm³/mol. The number of hydrogen-bond acceptors (Lipinski definition) is 3. The smallest absolute Gasteiger partial charge is 0.227 e. The molecule has 0 aliphatic carbocycles. The van der Waals surface area contributed by atoms with E-state index in [0.29, 0.717) is 12.6 Å². The third kappa shape index (κ3) is 5.34. The van der Waals surface area contributed by atoms with Crippen molar-refractivity contribution in [3.8, 4) is 0 Å². The Hall–Kier alpha value is -1.88. The van der Waals surface area contributed by atoms with Crippen LogP contribution in [0.1, 0.15) is 52.0 Å². The van der Waals surface area contributed by atoms with E-state index in [4.69, 9.17) is 0 Å². The number of rotatable bonds is 4. The number of nitrogens with zero attached hydrogens (tertiary/aromatic N) is 2. The highest BCUT2D eigenvalue weighted by molar-refractivity contribution is 5.81. The molecule has 3 rings (SSSR count). The average molecular weight is 386 g/mol. The summed E-state index contributed by atoms with van der Waals surface area (Å²) in [5.41, 5.74) is 0.833. The van der Waals surface area contributed by atoms with Gasteiger partial charge in [-0.05, 0) is 37.8 Å². The number of carbonyl (C=O) groups excluding carboxylic acids is 2. The molecule has 154 valence electrons. The molecule has 0 aromatic heterocycles. The predicted octanol–water partition coefficient (Wildman–Crippen LogP) is 3.05. The zero-order chi connectivity index (χ0) is 20.1. The average Bonchev–Trinajstić information content (AvgIpc) is 2.72. The second kappa shape index (κ2) is 9.08. The number of likely N-dealkylation sites (tertiary alicyclic amines) is 2. The molecule has 0 bridgehead atoms. The normalized spacial score (nSPS) is 22.1. The van der Waals surface area contributed by atoms with Crippen LogP contribution in [0.4, 0.5) is 0 Å². The van der Waals surface area contributed by atoms with Gasteiger partial charge in [-0.1, -0.05) is 51.1 Å². The molecule has 1 aromatic carbocycles. The van der Waals surface area contributed by atoms with Crippen molar-refractivity contribution < 1.29 is 9.59 Å². The topological polar surface area (TPSA) is 52.7 Å². The second-order valence-electron chi connectivity index (χ2n) is 9.31. The van der Waals surface area contributed by atoms with Gasteiger partial charge in [-0.2, -0.15) is 0 Å². The van der Waals surface area contributed by atoms with E-state index in [1.165, 1.54) is 0 Å². The van der Waals surface area contributed by atoms with Crippen LogP contribution in [0.25, 0.3) is 0 Å². The van der Waals surface area contributed by atoms with Gasteiger partial charge in [-0.25, -0.2) is 0 Å². The number of carbonyl (C=O) groups is 2. The Morgan fingerprint density at radius 2 is 1.71 bits per heavy atom. The monoisotopic (exact) mass is 385 g/mol. The van der Waals surface area contributed by atoms with Crippen molar-refractivity contribution in [3.05, 3.63) is 35.9 Å². The van der Waals surface area contributed by atoms with Gasteiger partial charge in [0.1, 0.15) is 0 Å². The highest BCUT2D eigenvalue weighted by Gasteiger charge is 2.34. The molecule has 2 aliphatic heterocycles. The lowest BCUT2D eigenvalue weighted by molar-refractivity contribution is -0.141. The van der Waals surface area contributed by atoms with Crippen molar-refractivity contribution in [1.29, 1.82) is 0 Å². The summed E-state index contributed by atoms with van der Waals surface area (Å²) in [4.78, 5) is 29.7. The van der Waals surface area contributed by atoms with Gasteiger partial charge in [0.25, 0.3) is 0 Å². The first-order chi connectivity index (χ1) is 13.3. The van der Waals surface area contributed by atoms with E-state index >= 15 is 0 Å². The van der Waals surface area contributed by atoms with Gasteiger partial charge in [-0.3, -0.25) is 14.5 Å². The molecule has 1 atom stereocenters. The highest BCUT2D eigenvalue weighted by Crippen LogP contribution is 2.26. The quantitative estimate of drug-likeness (QED) is 0.867. The van der Waals surface area contributed by atoms with Gasteiger partial charge in [0.05, 0.1) is 5.92 Å². The first kappa shape index (κ1) is 20.8.